The quantitative estimate of drug-likeness (QED) is 0.146. The Morgan fingerprint density at radius 1 is 1.37 bits per heavy atom. The van der Waals surface area contributed by atoms with E-state index < -0.39 is 76.8 Å². The van der Waals surface area contributed by atoms with E-state index in [9.17, 15) is 32.3 Å². The molecule has 0 aliphatic carbocycles. The number of nitrogens with two attached hydrogens (primary N) is 1. The van der Waals surface area contributed by atoms with Gasteiger partial charge in [0.05, 0.1) is 12.3 Å². The molecule has 3 atom stereocenters. The fraction of sp³-hybridized carbons (Fsp3) is 0.562. The summed E-state index contributed by atoms with van der Waals surface area (Å²) in [6.07, 6.45) is 0. The van der Waals surface area contributed by atoms with Crippen molar-refractivity contribution in [3.63, 3.8) is 0 Å². The summed E-state index contributed by atoms with van der Waals surface area (Å²) in [5.74, 6) is -4.14. The summed E-state index contributed by atoms with van der Waals surface area (Å²) in [6, 6.07) is -1.12. The average Bonchev–Trinajstić information content (AvgIpc) is 3.32. The van der Waals surface area contributed by atoms with Crippen LogP contribution in [0.2, 0.25) is 0 Å². The van der Waals surface area contributed by atoms with Gasteiger partial charge < -0.3 is 20.5 Å². The van der Waals surface area contributed by atoms with E-state index in [1.807, 2.05) is 0 Å². The Balaban J connectivity index is 1.76. The number of H-pyrrole nitrogens is 1. The molecule has 1 aromatic heterocycles. The van der Waals surface area contributed by atoms with Crippen molar-refractivity contribution in [2.75, 3.05) is 24.8 Å². The number of halogens is 3. The van der Waals surface area contributed by atoms with Crippen molar-refractivity contribution in [3.05, 3.63) is 11.3 Å². The molecule has 192 valence electrons. The fourth-order valence-corrected chi connectivity index (χ4v) is 5.83. The molecule has 1 saturated heterocycles. The van der Waals surface area contributed by atoms with Crippen molar-refractivity contribution in [3.8, 4) is 0 Å². The fourth-order valence-electron chi connectivity index (χ4n) is 3.02. The molecule has 0 spiro atoms. The van der Waals surface area contributed by atoms with Crippen molar-refractivity contribution in [1.82, 2.24) is 30.8 Å². The molecule has 1 aromatic rings. The van der Waals surface area contributed by atoms with E-state index in [2.05, 4.69) is 30.7 Å². The number of thioether (sulfide) groups is 3. The molecule has 0 bridgehead atoms. The molecule has 1 fully saturated rings. The van der Waals surface area contributed by atoms with Gasteiger partial charge in [-0.15, -0.1) is 16.9 Å². The van der Waals surface area contributed by atoms with Crippen LogP contribution < -0.4 is 11.1 Å². The number of rotatable bonds is 10. The van der Waals surface area contributed by atoms with Crippen LogP contribution in [0.15, 0.2) is 16.4 Å². The topological polar surface area (TPSA) is 182 Å². The summed E-state index contributed by atoms with van der Waals surface area (Å²) in [5, 5.41) is 14.7. The Bertz CT molecular complexity index is 1010. The van der Waals surface area contributed by atoms with Crippen molar-refractivity contribution in [2.24, 2.45) is 5.73 Å². The Kier molecular flexibility index (Phi) is 8.89. The third kappa shape index (κ3) is 6.79. The summed E-state index contributed by atoms with van der Waals surface area (Å²) in [4.78, 5) is 49.9. The van der Waals surface area contributed by atoms with Crippen LogP contribution >= 0.6 is 35.3 Å². The first kappa shape index (κ1) is 27.1. The van der Waals surface area contributed by atoms with Gasteiger partial charge in [-0.05, 0) is 34.7 Å². The largest absolute Gasteiger partial charge is 0.442 e. The summed E-state index contributed by atoms with van der Waals surface area (Å²) in [6.45, 7) is 0.568. The maximum absolute atomic E-state index is 12.9. The number of β-lactam (4-membered cyclic amide) rings is 1. The number of alkyl halides is 3. The van der Waals surface area contributed by atoms with Crippen molar-refractivity contribution >= 4 is 59.0 Å². The number of carbonyl (C=O) groups excluding carboxylic acids is 4. The average molecular weight is 558 g/mol. The molecule has 3 rings (SSSR count). The third-order valence-electron chi connectivity index (χ3n) is 4.56. The summed E-state index contributed by atoms with van der Waals surface area (Å²) >= 11 is 1.86. The monoisotopic (exact) mass is 557 g/mol. The lowest BCUT2D eigenvalue weighted by molar-refractivity contribution is -0.167. The normalized spacial score (nSPS) is 20.6. The van der Waals surface area contributed by atoms with Crippen LogP contribution in [0.3, 0.4) is 0 Å². The minimum atomic E-state index is -4.60. The molecule has 35 heavy (non-hydrogen) atoms. The van der Waals surface area contributed by atoms with E-state index in [4.69, 9.17) is 10.5 Å². The number of nitrogens with zero attached hydrogens (tertiary/aromatic N) is 4. The van der Waals surface area contributed by atoms with E-state index in [-0.39, 0.29) is 11.4 Å². The summed E-state index contributed by atoms with van der Waals surface area (Å²) in [5.41, 5.74) is 0.890. The lowest BCUT2D eigenvalue weighted by Crippen LogP contribution is -2.71. The molecule has 0 aromatic carbocycles. The van der Waals surface area contributed by atoms with E-state index in [1.54, 1.807) is 6.92 Å². The van der Waals surface area contributed by atoms with Crippen LogP contribution in [0.4, 0.5) is 13.2 Å². The summed E-state index contributed by atoms with van der Waals surface area (Å²) in [7, 11) is 0. The number of ether oxygens (including phenoxy) is 2. The first-order chi connectivity index (χ1) is 16.5. The van der Waals surface area contributed by atoms with Gasteiger partial charge in [-0.25, -0.2) is 9.89 Å². The minimum absolute atomic E-state index is 0.120. The molecular formula is C16H18F3N7O6S3. The van der Waals surface area contributed by atoms with Crippen molar-refractivity contribution in [2.45, 2.75) is 34.3 Å². The maximum Gasteiger partial charge on any atom is 0.442 e. The van der Waals surface area contributed by atoms with Crippen LogP contribution in [0, 0.1) is 0 Å². The standard InChI is InChI=1S/C16H18F3N7O6S3/c1-6(35-15-22-24-25-23-15)7-3-33-13-10(21-8(27)4-34-16(17,18)19)12(29)26(13)11(7)14(30)32-5-31-9(28)2-20/h6,10,13H,2-5,20H2,1H3,(H,21,27)(H,22,23,24,25)/t6?,10?,13-/m0/s1. The molecule has 0 radical (unpaired) electrons. The highest BCUT2D eigenvalue weighted by Crippen LogP contribution is 2.43. The van der Waals surface area contributed by atoms with Gasteiger partial charge in [0, 0.05) is 11.0 Å². The van der Waals surface area contributed by atoms with Crippen LogP contribution in [0.25, 0.3) is 0 Å². The molecular weight excluding hydrogens is 539 g/mol. The molecule has 2 unspecified atom stereocenters. The zero-order chi connectivity index (χ0) is 25.8. The number of hydrogen-bond acceptors (Lipinski definition) is 13. The van der Waals surface area contributed by atoms with E-state index in [1.165, 1.54) is 23.5 Å². The highest BCUT2D eigenvalue weighted by atomic mass is 32.2. The minimum Gasteiger partial charge on any atom is -0.427 e. The van der Waals surface area contributed by atoms with Crippen molar-refractivity contribution < 1.29 is 41.8 Å². The lowest BCUT2D eigenvalue weighted by atomic mass is 10.0. The number of fused-ring (bicyclic) bond motifs is 1. The number of tetrazole rings is 1. The number of aromatic amines is 1. The molecule has 19 heteroatoms. The molecule has 0 saturated carbocycles. The Labute approximate surface area is 207 Å². The van der Waals surface area contributed by atoms with Crippen molar-refractivity contribution in [1.29, 1.82) is 0 Å². The van der Waals surface area contributed by atoms with E-state index in [0.717, 1.165) is 4.90 Å². The highest BCUT2D eigenvalue weighted by molar-refractivity contribution is 8.01. The lowest BCUT2D eigenvalue weighted by Gasteiger charge is -2.50. The number of esters is 2. The Hall–Kier alpha value is -2.51. The van der Waals surface area contributed by atoms with Crippen LogP contribution in [-0.4, -0.2) is 96.3 Å². The highest BCUT2D eigenvalue weighted by Gasteiger charge is 2.55. The smallest absolute Gasteiger partial charge is 0.427 e. The maximum atomic E-state index is 12.9. The second kappa shape index (κ2) is 11.5. The number of carbonyl (C=O) groups is 4. The van der Waals surface area contributed by atoms with E-state index >= 15 is 0 Å². The first-order valence-electron chi connectivity index (χ1n) is 9.62. The molecule has 2 aliphatic heterocycles. The summed E-state index contributed by atoms with van der Waals surface area (Å²) < 4.78 is 46.7. The number of hydrogen-bond donors (Lipinski definition) is 3. The Morgan fingerprint density at radius 2 is 2.11 bits per heavy atom. The van der Waals surface area contributed by atoms with Gasteiger partial charge >= 0.3 is 17.4 Å². The van der Waals surface area contributed by atoms with Gasteiger partial charge in [0.25, 0.3) is 5.91 Å². The number of amides is 2. The zero-order valence-electron chi connectivity index (χ0n) is 17.7. The molecule has 4 N–H and O–H groups in total. The predicted molar refractivity (Wildman–Crippen MR) is 116 cm³/mol. The SMILES string of the molecule is CC(Sc1nnn[nH]1)C1=C(C(=O)OCOC(=O)CN)N2C(=O)C(NC(=O)CSC(F)(F)F)[C@@H]2SC1. The van der Waals surface area contributed by atoms with Gasteiger partial charge in [0.15, 0.2) is 0 Å². The molecule has 13 nitrogen and oxygen atoms in total. The molecule has 3 heterocycles. The molecule has 2 aliphatic rings. The second-order valence-electron chi connectivity index (χ2n) is 6.80. The predicted octanol–water partition coefficient (Wildman–Crippen LogP) is -0.410. The van der Waals surface area contributed by atoms with Gasteiger partial charge in [0.1, 0.15) is 17.1 Å². The third-order valence-corrected chi connectivity index (χ3v) is 7.63. The second-order valence-corrected chi connectivity index (χ2v) is 10.3. The van der Waals surface area contributed by atoms with Crippen LogP contribution in [-0.2, 0) is 28.7 Å². The zero-order valence-corrected chi connectivity index (χ0v) is 20.2. The first-order valence-corrected chi connectivity index (χ1v) is 12.5. The van der Waals surface area contributed by atoms with Crippen LogP contribution in [0.5, 0.6) is 0 Å². The van der Waals surface area contributed by atoms with Gasteiger partial charge in [-0.1, -0.05) is 11.8 Å². The van der Waals surface area contributed by atoms with Gasteiger partial charge in [-0.2, -0.15) is 13.2 Å². The number of aromatic nitrogens is 4. The van der Waals surface area contributed by atoms with Crippen LogP contribution in [0.1, 0.15) is 6.92 Å². The van der Waals surface area contributed by atoms with Gasteiger partial charge in [0.2, 0.25) is 17.9 Å². The van der Waals surface area contributed by atoms with Gasteiger partial charge in [-0.3, -0.25) is 19.3 Å². The molecule has 2 amide bonds. The number of nitrogens with one attached hydrogen (secondary N) is 2. The Morgan fingerprint density at radius 3 is 2.74 bits per heavy atom. The van der Waals surface area contributed by atoms with E-state index in [0.29, 0.717) is 10.7 Å².